The Labute approximate surface area is 248 Å². The minimum Gasteiger partial charge on any atom is -0.354 e. The van der Waals surface area contributed by atoms with Gasteiger partial charge in [0.15, 0.2) is 0 Å². The Morgan fingerprint density at radius 3 is 2.36 bits per heavy atom. The number of rotatable bonds is 12. The molecule has 0 aromatic heterocycles. The molecule has 3 rings (SSSR count). The predicted octanol–water partition coefficient (Wildman–Crippen LogP) is 6.28. The number of nitrogens with zero attached hydrogens (tertiary/aromatic N) is 2. The number of unbranched alkanes of at least 4 members (excludes halogenated alkanes) is 1. The number of carbonyl (C=O) groups is 2. The monoisotopic (exact) mass is 653 g/mol. The zero-order valence-corrected chi connectivity index (χ0v) is 25.5. The van der Waals surface area contributed by atoms with Gasteiger partial charge in [-0.1, -0.05) is 82.8 Å². The van der Waals surface area contributed by atoms with Gasteiger partial charge in [0, 0.05) is 22.6 Å². The van der Waals surface area contributed by atoms with Crippen LogP contribution in [0.2, 0.25) is 10.0 Å². The number of amides is 2. The van der Waals surface area contributed by atoms with Crippen LogP contribution in [0, 0.1) is 0 Å². The van der Waals surface area contributed by atoms with Crippen LogP contribution in [-0.4, -0.2) is 44.3 Å². The summed E-state index contributed by atoms with van der Waals surface area (Å²) in [6.07, 6.45) is 1.71. The van der Waals surface area contributed by atoms with Crippen LogP contribution in [0.15, 0.2) is 82.2 Å². The maximum atomic E-state index is 13.9. The molecule has 1 N–H and O–H groups in total. The van der Waals surface area contributed by atoms with Crippen molar-refractivity contribution < 1.29 is 18.0 Å². The lowest BCUT2D eigenvalue weighted by Gasteiger charge is -2.32. The molecule has 0 radical (unpaired) electrons. The fourth-order valence-electron chi connectivity index (χ4n) is 3.87. The van der Waals surface area contributed by atoms with Gasteiger partial charge in [-0.15, -0.1) is 0 Å². The Morgan fingerprint density at radius 1 is 1.00 bits per heavy atom. The van der Waals surface area contributed by atoms with Crippen LogP contribution < -0.4 is 9.62 Å². The smallest absolute Gasteiger partial charge is 0.264 e. The Kier molecular flexibility index (Phi) is 11.2. The molecule has 7 nitrogen and oxygen atoms in total. The van der Waals surface area contributed by atoms with Crippen LogP contribution in [0.25, 0.3) is 0 Å². The molecule has 0 aliphatic rings. The average molecular weight is 655 g/mol. The Bertz CT molecular complexity index is 1410. The van der Waals surface area contributed by atoms with Crippen molar-refractivity contribution >= 4 is 66.7 Å². The van der Waals surface area contributed by atoms with E-state index in [0.717, 1.165) is 27.2 Å². The van der Waals surface area contributed by atoms with E-state index in [1.165, 1.54) is 35.2 Å². The summed E-state index contributed by atoms with van der Waals surface area (Å²) in [6, 6.07) is 18.6. The molecular formula is C28H30BrCl2N3O4S. The summed E-state index contributed by atoms with van der Waals surface area (Å²) in [5, 5.41) is 3.25. The molecule has 0 spiro atoms. The van der Waals surface area contributed by atoms with E-state index in [1.54, 1.807) is 25.1 Å². The summed E-state index contributed by atoms with van der Waals surface area (Å²) in [6.45, 7) is 3.63. The zero-order chi connectivity index (χ0) is 28.6. The predicted molar refractivity (Wildman–Crippen MR) is 160 cm³/mol. The van der Waals surface area contributed by atoms with E-state index in [0.29, 0.717) is 11.6 Å². The molecule has 0 bridgehead atoms. The normalized spacial score (nSPS) is 12.0. The number of carbonyl (C=O) groups excluding carboxylic acids is 2. The topological polar surface area (TPSA) is 86.8 Å². The maximum Gasteiger partial charge on any atom is 0.264 e. The molecular weight excluding hydrogens is 625 g/mol. The van der Waals surface area contributed by atoms with Crippen LogP contribution >= 0.6 is 39.1 Å². The number of nitrogens with one attached hydrogen (secondary N) is 1. The number of sulfonamides is 1. The van der Waals surface area contributed by atoms with Gasteiger partial charge in [-0.2, -0.15) is 0 Å². The van der Waals surface area contributed by atoms with Gasteiger partial charge in [-0.05, 0) is 61.4 Å². The number of halogens is 3. The minimum atomic E-state index is -4.21. The second-order valence-corrected chi connectivity index (χ2v) is 12.5. The van der Waals surface area contributed by atoms with Crippen molar-refractivity contribution in [3.05, 3.63) is 92.9 Å². The van der Waals surface area contributed by atoms with Crippen LogP contribution in [0.5, 0.6) is 0 Å². The van der Waals surface area contributed by atoms with E-state index in [4.69, 9.17) is 23.2 Å². The molecule has 3 aromatic carbocycles. The van der Waals surface area contributed by atoms with Crippen LogP contribution in [0.3, 0.4) is 0 Å². The number of hydrogen-bond donors (Lipinski definition) is 1. The minimum absolute atomic E-state index is 0.00675. The molecule has 0 saturated heterocycles. The molecule has 2 amide bonds. The summed E-state index contributed by atoms with van der Waals surface area (Å²) in [4.78, 5) is 28.3. The highest BCUT2D eigenvalue weighted by Gasteiger charge is 2.33. The molecule has 1 unspecified atom stereocenters. The van der Waals surface area contributed by atoms with E-state index in [9.17, 15) is 18.0 Å². The number of anilines is 1. The number of benzene rings is 3. The lowest BCUT2D eigenvalue weighted by Crippen LogP contribution is -2.51. The maximum absolute atomic E-state index is 13.9. The quantitative estimate of drug-likeness (QED) is 0.233. The van der Waals surface area contributed by atoms with Crippen LogP contribution in [0.1, 0.15) is 32.3 Å². The first-order valence-corrected chi connectivity index (χ1v) is 15.4. The third kappa shape index (κ3) is 8.20. The fraction of sp³-hybridized carbons (Fsp3) is 0.286. The van der Waals surface area contributed by atoms with Gasteiger partial charge in [0.25, 0.3) is 10.0 Å². The first kappa shape index (κ1) is 30.9. The lowest BCUT2D eigenvalue weighted by atomic mass is 10.1. The zero-order valence-electron chi connectivity index (χ0n) is 21.6. The summed E-state index contributed by atoms with van der Waals surface area (Å²) < 4.78 is 29.3. The first-order chi connectivity index (χ1) is 18.5. The fourth-order valence-corrected chi connectivity index (χ4v) is 6.33. The van der Waals surface area contributed by atoms with Gasteiger partial charge in [0.1, 0.15) is 12.6 Å². The van der Waals surface area contributed by atoms with Crippen molar-refractivity contribution in [2.45, 2.75) is 44.2 Å². The second-order valence-electron chi connectivity index (χ2n) is 8.89. The van der Waals surface area contributed by atoms with E-state index < -0.39 is 28.5 Å². The molecule has 0 heterocycles. The van der Waals surface area contributed by atoms with Gasteiger partial charge in [0.05, 0.1) is 15.6 Å². The van der Waals surface area contributed by atoms with Crippen molar-refractivity contribution in [2.24, 2.45) is 0 Å². The molecule has 3 aromatic rings. The third-order valence-electron chi connectivity index (χ3n) is 6.03. The molecule has 1 atom stereocenters. The van der Waals surface area contributed by atoms with Crippen molar-refractivity contribution in [2.75, 3.05) is 17.4 Å². The molecule has 0 aliphatic heterocycles. The van der Waals surface area contributed by atoms with Crippen molar-refractivity contribution in [3.63, 3.8) is 0 Å². The highest BCUT2D eigenvalue weighted by Crippen LogP contribution is 2.33. The van der Waals surface area contributed by atoms with E-state index >= 15 is 0 Å². The third-order valence-corrected chi connectivity index (χ3v) is 8.83. The van der Waals surface area contributed by atoms with Crippen LogP contribution in [-0.2, 0) is 26.2 Å². The Morgan fingerprint density at radius 2 is 1.72 bits per heavy atom. The standard InChI is InChI=1S/C28H30BrCl2N3O4S/c1-3-4-15-32-28(36)20(2)33(18-21-9-8-10-22(29)16-21)27(35)19-34(26-14-13-23(30)17-25(26)31)39(37,38)24-11-6-5-7-12-24/h5-14,16-17,20H,3-4,15,18-19H2,1-2H3,(H,32,36). The Balaban J connectivity index is 2.02. The van der Waals surface area contributed by atoms with Gasteiger partial charge in [-0.25, -0.2) is 8.42 Å². The summed E-state index contributed by atoms with van der Waals surface area (Å²) in [7, 11) is -4.21. The number of hydrogen-bond acceptors (Lipinski definition) is 4. The second kappa shape index (κ2) is 14.2. The molecule has 39 heavy (non-hydrogen) atoms. The van der Waals surface area contributed by atoms with Gasteiger partial charge >= 0.3 is 0 Å². The van der Waals surface area contributed by atoms with E-state index in [2.05, 4.69) is 21.2 Å². The van der Waals surface area contributed by atoms with Gasteiger partial charge in [0.2, 0.25) is 11.8 Å². The summed E-state index contributed by atoms with van der Waals surface area (Å²) >= 11 is 15.9. The van der Waals surface area contributed by atoms with Gasteiger partial charge in [-0.3, -0.25) is 13.9 Å². The van der Waals surface area contributed by atoms with Crippen molar-refractivity contribution in [3.8, 4) is 0 Å². The Hall–Kier alpha value is -2.59. The highest BCUT2D eigenvalue weighted by atomic mass is 79.9. The SMILES string of the molecule is CCCCNC(=O)C(C)N(Cc1cccc(Br)c1)C(=O)CN(c1ccc(Cl)cc1Cl)S(=O)(=O)c1ccccc1. The van der Waals surface area contributed by atoms with Gasteiger partial charge < -0.3 is 10.2 Å². The average Bonchev–Trinajstić information content (AvgIpc) is 2.91. The van der Waals surface area contributed by atoms with E-state index in [1.807, 2.05) is 31.2 Å². The largest absolute Gasteiger partial charge is 0.354 e. The van der Waals surface area contributed by atoms with Crippen LogP contribution in [0.4, 0.5) is 5.69 Å². The van der Waals surface area contributed by atoms with Crippen molar-refractivity contribution in [1.82, 2.24) is 10.2 Å². The molecule has 0 aliphatic carbocycles. The molecule has 208 valence electrons. The summed E-state index contributed by atoms with van der Waals surface area (Å²) in [5.41, 5.74) is 0.869. The summed E-state index contributed by atoms with van der Waals surface area (Å²) in [5.74, 6) is -0.896. The van der Waals surface area contributed by atoms with E-state index in [-0.39, 0.29) is 28.1 Å². The highest BCUT2D eigenvalue weighted by molar-refractivity contribution is 9.10. The lowest BCUT2D eigenvalue weighted by molar-refractivity contribution is -0.139. The first-order valence-electron chi connectivity index (χ1n) is 12.4. The molecule has 11 heteroatoms. The van der Waals surface area contributed by atoms with Crippen molar-refractivity contribution in [1.29, 1.82) is 0 Å². The molecule has 0 saturated carbocycles. The molecule has 0 fully saturated rings.